The molecule has 3 amide bonds. The molecule has 0 bridgehead atoms. The van der Waals surface area contributed by atoms with E-state index in [1.165, 1.54) is 23.4 Å². The summed E-state index contributed by atoms with van der Waals surface area (Å²) in [5.74, 6) is -1.40. The molecule has 4 rings (SSSR count). The van der Waals surface area contributed by atoms with Gasteiger partial charge >= 0.3 is 0 Å². The van der Waals surface area contributed by atoms with Crippen LogP contribution in [0.3, 0.4) is 0 Å². The van der Waals surface area contributed by atoms with Crippen LogP contribution >= 0.6 is 0 Å². The lowest BCUT2D eigenvalue weighted by Gasteiger charge is -2.43. The number of benzene rings is 1. The topological polar surface area (TPSA) is 96.8 Å². The molecule has 1 atom stereocenters. The number of amides is 3. The number of nitrogens with zero attached hydrogens (tertiary/aromatic N) is 4. The summed E-state index contributed by atoms with van der Waals surface area (Å²) in [4.78, 5) is 46.9. The van der Waals surface area contributed by atoms with Crippen LogP contribution in [0.1, 0.15) is 40.4 Å². The molecule has 0 unspecified atom stereocenters. The highest BCUT2D eigenvalue weighted by Crippen LogP contribution is 2.29. The maximum atomic E-state index is 13.4. The van der Waals surface area contributed by atoms with E-state index >= 15 is 0 Å². The zero-order valence-corrected chi connectivity index (χ0v) is 18.1. The molecule has 170 valence electrons. The number of carbonyl (C=O) groups is 3. The number of imidazole rings is 1. The Labute approximate surface area is 185 Å². The van der Waals surface area contributed by atoms with Crippen LogP contribution in [0.5, 0.6) is 0 Å². The van der Waals surface area contributed by atoms with Gasteiger partial charge in [-0.05, 0) is 31.5 Å². The summed E-state index contributed by atoms with van der Waals surface area (Å²) in [5, 5.41) is 2.85. The fourth-order valence-electron chi connectivity index (χ4n) is 4.23. The highest BCUT2D eigenvalue weighted by molar-refractivity contribution is 6.07. The third-order valence-electron chi connectivity index (χ3n) is 6.03. The molecule has 0 saturated carbocycles. The minimum atomic E-state index is -1.17. The number of rotatable bonds is 5. The van der Waals surface area contributed by atoms with E-state index in [-0.39, 0.29) is 48.7 Å². The van der Waals surface area contributed by atoms with Gasteiger partial charge < -0.3 is 24.4 Å². The monoisotopic (exact) mass is 443 g/mol. The zero-order chi connectivity index (χ0) is 22.9. The van der Waals surface area contributed by atoms with Crippen LogP contribution in [0.15, 0.2) is 30.6 Å². The van der Waals surface area contributed by atoms with Gasteiger partial charge in [0.15, 0.2) is 5.69 Å². The van der Waals surface area contributed by atoms with Crippen LogP contribution < -0.4 is 5.32 Å². The second-order valence-electron chi connectivity index (χ2n) is 8.11. The number of fused-ring (bicyclic) bond motifs is 1. The Kier molecular flexibility index (Phi) is 5.96. The van der Waals surface area contributed by atoms with Gasteiger partial charge in [0.05, 0.1) is 26.1 Å². The Balaban J connectivity index is 1.56. The van der Waals surface area contributed by atoms with Gasteiger partial charge in [0, 0.05) is 26.2 Å². The van der Waals surface area contributed by atoms with Crippen LogP contribution in [0.25, 0.3) is 0 Å². The number of hydrogen-bond acceptors (Lipinski definition) is 5. The largest absolute Gasteiger partial charge is 0.378 e. The molecule has 0 aliphatic carbocycles. The first-order chi connectivity index (χ1) is 15.3. The second kappa shape index (κ2) is 8.70. The van der Waals surface area contributed by atoms with E-state index < -0.39 is 11.4 Å². The van der Waals surface area contributed by atoms with Crippen molar-refractivity contribution in [3.63, 3.8) is 0 Å². The molecule has 1 aromatic carbocycles. The van der Waals surface area contributed by atoms with Crippen molar-refractivity contribution >= 4 is 17.7 Å². The standard InChI is InChI=1S/C22H26FN5O4/c1-3-28-20(30)18-17(19(29)26-8-10-32-11-9-26)25-14-27(18)13-22(28,2)21(31)24-12-15-4-6-16(23)7-5-15/h4-7,14H,3,8-13H2,1-2H3,(H,24,31)/t22-/m1/s1. The van der Waals surface area contributed by atoms with Gasteiger partial charge in [0.1, 0.15) is 17.1 Å². The average Bonchev–Trinajstić information content (AvgIpc) is 3.22. The lowest BCUT2D eigenvalue weighted by atomic mass is 9.94. The number of aromatic nitrogens is 2. The first kappa shape index (κ1) is 21.9. The fraction of sp³-hybridized carbons (Fsp3) is 0.455. The molecule has 1 aromatic heterocycles. The number of nitrogens with one attached hydrogen (secondary N) is 1. The molecule has 0 spiro atoms. The van der Waals surface area contributed by atoms with Gasteiger partial charge in [-0.25, -0.2) is 9.37 Å². The number of morpholine rings is 1. The normalized spacial score (nSPS) is 20.8. The van der Waals surface area contributed by atoms with Crippen molar-refractivity contribution in [3.05, 3.63) is 53.4 Å². The van der Waals surface area contributed by atoms with Crippen molar-refractivity contribution < 1.29 is 23.5 Å². The third-order valence-corrected chi connectivity index (χ3v) is 6.03. The van der Waals surface area contributed by atoms with E-state index in [0.29, 0.717) is 26.3 Å². The lowest BCUT2D eigenvalue weighted by Crippen LogP contribution is -2.63. The van der Waals surface area contributed by atoms with E-state index in [9.17, 15) is 18.8 Å². The highest BCUT2D eigenvalue weighted by atomic mass is 19.1. The van der Waals surface area contributed by atoms with Crippen molar-refractivity contribution in [2.45, 2.75) is 32.5 Å². The Morgan fingerprint density at radius 3 is 2.56 bits per heavy atom. The quantitative estimate of drug-likeness (QED) is 0.745. The third kappa shape index (κ3) is 3.86. The summed E-state index contributed by atoms with van der Waals surface area (Å²) in [6, 6.07) is 5.85. The van der Waals surface area contributed by atoms with Crippen LogP contribution in [-0.4, -0.2) is 75.5 Å². The minimum Gasteiger partial charge on any atom is -0.378 e. The average molecular weight is 443 g/mol. The predicted molar refractivity (Wildman–Crippen MR) is 112 cm³/mol. The number of carbonyl (C=O) groups excluding carboxylic acids is 3. The Morgan fingerprint density at radius 1 is 1.22 bits per heavy atom. The van der Waals surface area contributed by atoms with Crippen LogP contribution in [0.4, 0.5) is 4.39 Å². The van der Waals surface area contributed by atoms with Crippen LogP contribution in [0, 0.1) is 5.82 Å². The van der Waals surface area contributed by atoms with Crippen molar-refractivity contribution in [3.8, 4) is 0 Å². The second-order valence-corrected chi connectivity index (χ2v) is 8.11. The summed E-state index contributed by atoms with van der Waals surface area (Å²) >= 11 is 0. The first-order valence-electron chi connectivity index (χ1n) is 10.6. The van der Waals surface area contributed by atoms with Gasteiger partial charge in [-0.2, -0.15) is 0 Å². The van der Waals surface area contributed by atoms with Gasteiger partial charge in [0.2, 0.25) is 5.91 Å². The van der Waals surface area contributed by atoms with E-state index in [1.54, 1.807) is 35.4 Å². The van der Waals surface area contributed by atoms with Gasteiger partial charge in [0.25, 0.3) is 11.8 Å². The molecule has 32 heavy (non-hydrogen) atoms. The van der Waals surface area contributed by atoms with E-state index in [2.05, 4.69) is 10.3 Å². The van der Waals surface area contributed by atoms with Crippen LogP contribution in [-0.2, 0) is 22.6 Å². The molecule has 10 heteroatoms. The summed E-state index contributed by atoms with van der Waals surface area (Å²) in [6.45, 7) is 5.93. The molecule has 1 saturated heterocycles. The summed E-state index contributed by atoms with van der Waals surface area (Å²) in [6.07, 6.45) is 1.44. The molecular weight excluding hydrogens is 417 g/mol. The van der Waals surface area contributed by atoms with Crippen LogP contribution in [0.2, 0.25) is 0 Å². The number of halogens is 1. The maximum absolute atomic E-state index is 13.4. The van der Waals surface area contributed by atoms with E-state index in [1.807, 2.05) is 0 Å². The molecular formula is C22H26FN5O4. The fourth-order valence-corrected chi connectivity index (χ4v) is 4.23. The molecule has 0 radical (unpaired) electrons. The van der Waals surface area contributed by atoms with Gasteiger partial charge in [-0.3, -0.25) is 14.4 Å². The van der Waals surface area contributed by atoms with Crippen molar-refractivity contribution in [1.82, 2.24) is 24.7 Å². The Hall–Kier alpha value is -3.27. The minimum absolute atomic E-state index is 0.101. The Morgan fingerprint density at radius 2 is 1.91 bits per heavy atom. The zero-order valence-electron chi connectivity index (χ0n) is 18.1. The summed E-state index contributed by atoms with van der Waals surface area (Å²) < 4.78 is 20.0. The molecule has 1 N–H and O–H groups in total. The van der Waals surface area contributed by atoms with E-state index in [4.69, 9.17) is 4.74 Å². The van der Waals surface area contributed by atoms with Crippen molar-refractivity contribution in [1.29, 1.82) is 0 Å². The summed E-state index contributed by atoms with van der Waals surface area (Å²) in [7, 11) is 0. The highest BCUT2D eigenvalue weighted by Gasteiger charge is 2.48. The summed E-state index contributed by atoms with van der Waals surface area (Å²) in [5.41, 5.74) is -0.120. The molecule has 1 fully saturated rings. The number of ether oxygens (including phenoxy) is 1. The molecule has 9 nitrogen and oxygen atoms in total. The van der Waals surface area contributed by atoms with Crippen molar-refractivity contribution in [2.24, 2.45) is 0 Å². The van der Waals surface area contributed by atoms with Gasteiger partial charge in [-0.15, -0.1) is 0 Å². The molecule has 3 heterocycles. The molecule has 2 aliphatic rings. The maximum Gasteiger partial charge on any atom is 0.275 e. The van der Waals surface area contributed by atoms with Gasteiger partial charge in [-0.1, -0.05) is 12.1 Å². The smallest absolute Gasteiger partial charge is 0.275 e. The molecule has 2 aromatic rings. The number of likely N-dealkylation sites (N-methyl/N-ethyl adjacent to an activating group) is 1. The predicted octanol–water partition coefficient (Wildman–Crippen LogP) is 1.05. The Bertz CT molecular complexity index is 1030. The first-order valence-corrected chi connectivity index (χ1v) is 10.6. The van der Waals surface area contributed by atoms with E-state index in [0.717, 1.165) is 5.56 Å². The SMILES string of the molecule is CCN1C(=O)c2c(C(=O)N3CCOCC3)ncn2C[C@]1(C)C(=O)NCc1ccc(F)cc1. The lowest BCUT2D eigenvalue weighted by molar-refractivity contribution is -0.132. The molecule has 2 aliphatic heterocycles. The number of hydrogen-bond donors (Lipinski definition) is 1. The van der Waals surface area contributed by atoms with Crippen molar-refractivity contribution in [2.75, 3.05) is 32.8 Å².